The van der Waals surface area contributed by atoms with Gasteiger partial charge in [0.1, 0.15) is 29.9 Å². The number of anilines is 1. The Bertz CT molecular complexity index is 1650. The highest BCUT2D eigenvalue weighted by Crippen LogP contribution is 2.37. The molecule has 2 N–H and O–H groups in total. The molecule has 1 unspecified atom stereocenters. The van der Waals surface area contributed by atoms with E-state index in [2.05, 4.69) is 10.6 Å². The minimum atomic E-state index is -1.36. The third kappa shape index (κ3) is 5.89. The lowest BCUT2D eigenvalue weighted by molar-refractivity contribution is -0.136. The minimum absolute atomic E-state index is 0.0135. The van der Waals surface area contributed by atoms with Gasteiger partial charge < -0.3 is 23.8 Å². The maximum absolute atomic E-state index is 14.0. The second-order valence-corrected chi connectivity index (χ2v) is 9.55. The molecule has 224 valence electrons. The number of amides is 4. The molecule has 0 bridgehead atoms. The first-order valence-electron chi connectivity index (χ1n) is 12.9. The second kappa shape index (κ2) is 11.9. The van der Waals surface area contributed by atoms with Gasteiger partial charge in [-0.3, -0.25) is 25.0 Å². The fourth-order valence-corrected chi connectivity index (χ4v) is 4.85. The van der Waals surface area contributed by atoms with E-state index in [0.29, 0.717) is 23.3 Å². The van der Waals surface area contributed by atoms with E-state index in [1.165, 1.54) is 37.3 Å². The van der Waals surface area contributed by atoms with Crippen molar-refractivity contribution in [1.29, 1.82) is 0 Å². The number of imide groups is 1. The van der Waals surface area contributed by atoms with Crippen molar-refractivity contribution in [3.8, 4) is 23.0 Å². The van der Waals surface area contributed by atoms with Gasteiger partial charge in [-0.1, -0.05) is 12.1 Å². The molecule has 2 aliphatic rings. The smallest absolute Gasteiger partial charge is 0.412 e. The largest absolute Gasteiger partial charge is 0.495 e. The molecule has 11 nitrogen and oxygen atoms in total. The van der Waals surface area contributed by atoms with Gasteiger partial charge in [0.05, 0.1) is 25.5 Å². The van der Waals surface area contributed by atoms with E-state index >= 15 is 0 Å². The SMILES string of the molecule is COc1cc(Oc2cc(F)c(F)cc2F)ccc1NC(=O)OCc1ccc2c(c1OC)C(=O)N(C1CCC(=O)NC1=O)C2. The molecule has 4 amide bonds. The van der Waals surface area contributed by atoms with Gasteiger partial charge in [-0.2, -0.15) is 0 Å². The summed E-state index contributed by atoms with van der Waals surface area (Å²) in [6.45, 7) is -0.131. The molecule has 3 aromatic carbocycles. The zero-order valence-electron chi connectivity index (χ0n) is 22.8. The summed E-state index contributed by atoms with van der Waals surface area (Å²) in [5.74, 6) is -5.40. The van der Waals surface area contributed by atoms with Gasteiger partial charge in [-0.15, -0.1) is 0 Å². The number of hydrogen-bond donors (Lipinski definition) is 2. The van der Waals surface area contributed by atoms with E-state index in [1.807, 2.05) is 0 Å². The van der Waals surface area contributed by atoms with Crippen LogP contribution in [0.2, 0.25) is 0 Å². The number of methoxy groups -OCH3 is 2. The Morgan fingerprint density at radius 1 is 0.977 bits per heavy atom. The molecule has 1 atom stereocenters. The predicted molar refractivity (Wildman–Crippen MR) is 142 cm³/mol. The lowest BCUT2D eigenvalue weighted by Crippen LogP contribution is -2.52. The van der Waals surface area contributed by atoms with Crippen molar-refractivity contribution >= 4 is 29.5 Å². The number of rotatable bonds is 8. The van der Waals surface area contributed by atoms with Crippen molar-refractivity contribution in [3.63, 3.8) is 0 Å². The number of hydrogen-bond acceptors (Lipinski definition) is 8. The molecule has 5 rings (SSSR count). The topological polar surface area (TPSA) is 132 Å². The molecular formula is C29H24F3N3O8. The fraction of sp³-hybridized carbons (Fsp3) is 0.241. The zero-order chi connectivity index (χ0) is 30.8. The highest BCUT2D eigenvalue weighted by Gasteiger charge is 2.41. The summed E-state index contributed by atoms with van der Waals surface area (Å²) in [6.07, 6.45) is -0.561. The van der Waals surface area contributed by atoms with Crippen LogP contribution in [0.25, 0.3) is 0 Å². The number of nitrogens with zero attached hydrogens (tertiary/aromatic N) is 1. The van der Waals surface area contributed by atoms with Crippen LogP contribution in [0.5, 0.6) is 23.0 Å². The average Bonchev–Trinajstić information content (AvgIpc) is 3.31. The highest BCUT2D eigenvalue weighted by molar-refractivity contribution is 6.06. The summed E-state index contributed by atoms with van der Waals surface area (Å²) >= 11 is 0. The molecule has 14 heteroatoms. The van der Waals surface area contributed by atoms with E-state index in [0.717, 1.165) is 0 Å². The number of ether oxygens (including phenoxy) is 4. The summed E-state index contributed by atoms with van der Waals surface area (Å²) < 4.78 is 62.0. The normalized spacial score (nSPS) is 16.0. The number of benzene rings is 3. The van der Waals surface area contributed by atoms with Crippen LogP contribution in [-0.2, 0) is 27.5 Å². The number of nitrogens with one attached hydrogen (secondary N) is 2. The van der Waals surface area contributed by atoms with Crippen molar-refractivity contribution in [2.75, 3.05) is 19.5 Å². The van der Waals surface area contributed by atoms with Crippen molar-refractivity contribution in [3.05, 3.63) is 76.6 Å². The van der Waals surface area contributed by atoms with Gasteiger partial charge in [0, 0.05) is 36.7 Å². The molecule has 1 fully saturated rings. The van der Waals surface area contributed by atoms with Gasteiger partial charge in [0.25, 0.3) is 5.91 Å². The fourth-order valence-electron chi connectivity index (χ4n) is 4.85. The first-order chi connectivity index (χ1) is 20.6. The van der Waals surface area contributed by atoms with Crippen LogP contribution < -0.4 is 24.8 Å². The van der Waals surface area contributed by atoms with Gasteiger partial charge in [-0.05, 0) is 24.1 Å². The van der Waals surface area contributed by atoms with Gasteiger partial charge >= 0.3 is 6.09 Å². The molecule has 0 spiro atoms. The summed E-state index contributed by atoms with van der Waals surface area (Å²) in [6, 6.07) is 7.43. The number of halogens is 3. The monoisotopic (exact) mass is 599 g/mol. The Morgan fingerprint density at radius 2 is 1.74 bits per heavy atom. The zero-order valence-corrected chi connectivity index (χ0v) is 22.8. The Labute approximate surface area is 242 Å². The van der Waals surface area contributed by atoms with Crippen LogP contribution in [0.15, 0.2) is 42.5 Å². The molecule has 3 aromatic rings. The van der Waals surface area contributed by atoms with Crippen molar-refractivity contribution < 1.29 is 51.3 Å². The Kier molecular flexibility index (Phi) is 8.10. The lowest BCUT2D eigenvalue weighted by Gasteiger charge is -2.29. The second-order valence-electron chi connectivity index (χ2n) is 9.55. The van der Waals surface area contributed by atoms with E-state index in [4.69, 9.17) is 18.9 Å². The number of carbonyl (C=O) groups is 4. The molecule has 2 heterocycles. The number of piperidine rings is 1. The lowest BCUT2D eigenvalue weighted by atomic mass is 10.0. The van der Waals surface area contributed by atoms with Crippen LogP contribution >= 0.6 is 0 Å². The Morgan fingerprint density at radius 3 is 2.47 bits per heavy atom. The first-order valence-corrected chi connectivity index (χ1v) is 12.9. The van der Waals surface area contributed by atoms with Crippen LogP contribution in [0.1, 0.15) is 34.3 Å². The molecular weight excluding hydrogens is 575 g/mol. The maximum atomic E-state index is 14.0. The van der Waals surface area contributed by atoms with Crippen LogP contribution in [-0.4, -0.2) is 49.0 Å². The third-order valence-corrected chi connectivity index (χ3v) is 6.90. The molecule has 0 aliphatic carbocycles. The number of carbonyl (C=O) groups excluding carboxylic acids is 4. The van der Waals surface area contributed by atoms with Gasteiger partial charge in [-0.25, -0.2) is 18.0 Å². The highest BCUT2D eigenvalue weighted by atomic mass is 19.2. The van der Waals surface area contributed by atoms with E-state index < -0.39 is 47.2 Å². The molecule has 1 saturated heterocycles. The molecule has 0 saturated carbocycles. The third-order valence-electron chi connectivity index (χ3n) is 6.90. The van der Waals surface area contributed by atoms with Gasteiger partial charge in [0.2, 0.25) is 11.8 Å². The average molecular weight is 600 g/mol. The van der Waals surface area contributed by atoms with E-state index in [-0.39, 0.29) is 60.4 Å². The maximum Gasteiger partial charge on any atom is 0.412 e. The first kappa shape index (κ1) is 29.2. The predicted octanol–water partition coefficient (Wildman–Crippen LogP) is 4.42. The standard InChI is InChI=1S/C29H24F3N3O8/c1-40-23-9-16(43-22-11-18(31)17(30)10-19(22)32)5-6-20(23)33-29(39)42-13-15-4-3-14-12-35(28(38)25(14)26(15)41-2)21-7-8-24(36)34-27(21)37/h3-6,9-11,21H,7-8,12-13H2,1-2H3,(H,33,39)(H,34,36,37). The van der Waals surface area contributed by atoms with Crippen LogP contribution in [0, 0.1) is 17.5 Å². The van der Waals surface area contributed by atoms with Crippen LogP contribution in [0.4, 0.5) is 23.7 Å². The van der Waals surface area contributed by atoms with E-state index in [9.17, 15) is 32.3 Å². The molecule has 2 aliphatic heterocycles. The summed E-state index contributed by atoms with van der Waals surface area (Å²) in [7, 11) is 2.67. The van der Waals surface area contributed by atoms with Crippen LogP contribution in [0.3, 0.4) is 0 Å². The summed E-state index contributed by atoms with van der Waals surface area (Å²) in [5.41, 5.74) is 1.40. The van der Waals surface area contributed by atoms with Crippen molar-refractivity contribution in [1.82, 2.24) is 10.2 Å². The summed E-state index contributed by atoms with van der Waals surface area (Å²) in [4.78, 5) is 51.2. The Balaban J connectivity index is 1.25. The minimum Gasteiger partial charge on any atom is -0.495 e. The van der Waals surface area contributed by atoms with Gasteiger partial charge in [0.15, 0.2) is 23.2 Å². The molecule has 0 radical (unpaired) electrons. The quantitative estimate of drug-likeness (QED) is 0.287. The van der Waals surface area contributed by atoms with Crippen molar-refractivity contribution in [2.45, 2.75) is 32.0 Å². The molecule has 0 aromatic heterocycles. The summed E-state index contributed by atoms with van der Waals surface area (Å²) in [5, 5.41) is 4.74. The van der Waals surface area contributed by atoms with E-state index in [1.54, 1.807) is 12.1 Å². The Hall–Kier alpha value is -5.27. The number of fused-ring (bicyclic) bond motifs is 1. The van der Waals surface area contributed by atoms with Crippen molar-refractivity contribution in [2.24, 2.45) is 0 Å². The molecule has 43 heavy (non-hydrogen) atoms.